The Morgan fingerprint density at radius 2 is 1.86 bits per heavy atom. The van der Waals surface area contributed by atoms with Crippen molar-refractivity contribution in [1.29, 1.82) is 0 Å². The van der Waals surface area contributed by atoms with Gasteiger partial charge in [-0.2, -0.15) is 0 Å². The fraction of sp³-hybridized carbons (Fsp3) is 0.500. The van der Waals surface area contributed by atoms with Gasteiger partial charge in [-0.3, -0.25) is 4.99 Å². The molecule has 0 spiro atoms. The number of sulfone groups is 1. The van der Waals surface area contributed by atoms with Gasteiger partial charge in [-0.15, -0.1) is 0 Å². The lowest BCUT2D eigenvalue weighted by atomic mass is 10.4. The van der Waals surface area contributed by atoms with Gasteiger partial charge in [0, 0.05) is 33.9 Å². The van der Waals surface area contributed by atoms with E-state index in [1.54, 1.807) is 44.5 Å². The predicted molar refractivity (Wildman–Crippen MR) is 84.4 cm³/mol. The molecule has 0 aliphatic carbocycles. The average Bonchev–Trinajstić information content (AvgIpc) is 2.50. The highest BCUT2D eigenvalue weighted by molar-refractivity contribution is 7.91. The minimum absolute atomic E-state index is 0.0236. The van der Waals surface area contributed by atoms with E-state index in [-0.39, 0.29) is 5.75 Å². The van der Waals surface area contributed by atoms with Crippen LogP contribution in [-0.4, -0.2) is 54.0 Å². The lowest BCUT2D eigenvalue weighted by Crippen LogP contribution is -2.40. The van der Waals surface area contributed by atoms with Crippen LogP contribution in [0, 0.1) is 0 Å². The molecule has 0 unspecified atom stereocenters. The summed E-state index contributed by atoms with van der Waals surface area (Å²) in [5.41, 5.74) is 0. The van der Waals surface area contributed by atoms with Gasteiger partial charge in [0.2, 0.25) is 0 Å². The van der Waals surface area contributed by atoms with Gasteiger partial charge in [-0.05, 0) is 18.6 Å². The van der Waals surface area contributed by atoms with Crippen LogP contribution in [0.2, 0.25) is 0 Å². The van der Waals surface area contributed by atoms with Gasteiger partial charge in [0.25, 0.3) is 0 Å². The molecule has 0 bridgehead atoms. The van der Waals surface area contributed by atoms with Crippen molar-refractivity contribution in [3.63, 3.8) is 0 Å². The number of benzene rings is 1. The van der Waals surface area contributed by atoms with E-state index in [2.05, 4.69) is 15.6 Å². The van der Waals surface area contributed by atoms with Crippen molar-refractivity contribution in [2.45, 2.75) is 11.3 Å². The summed E-state index contributed by atoms with van der Waals surface area (Å²) >= 11 is 0. The maximum absolute atomic E-state index is 12.1. The molecular formula is C14H23N3O3S. The number of hydrogen-bond donors (Lipinski definition) is 2. The van der Waals surface area contributed by atoms with Gasteiger partial charge >= 0.3 is 0 Å². The van der Waals surface area contributed by atoms with Crippen molar-refractivity contribution >= 4 is 15.8 Å². The molecule has 0 heterocycles. The second kappa shape index (κ2) is 9.36. The van der Waals surface area contributed by atoms with Crippen LogP contribution in [0.25, 0.3) is 0 Å². The fourth-order valence-electron chi connectivity index (χ4n) is 1.69. The number of methoxy groups -OCH3 is 1. The third-order valence-corrected chi connectivity index (χ3v) is 4.54. The van der Waals surface area contributed by atoms with E-state index in [0.29, 0.717) is 24.0 Å². The zero-order valence-electron chi connectivity index (χ0n) is 12.5. The molecule has 0 fully saturated rings. The first-order valence-electron chi connectivity index (χ1n) is 6.81. The van der Waals surface area contributed by atoms with Crippen LogP contribution >= 0.6 is 0 Å². The molecule has 6 nitrogen and oxygen atoms in total. The number of aliphatic imine (C=N–C) groups is 1. The van der Waals surface area contributed by atoms with Gasteiger partial charge in [0.15, 0.2) is 15.8 Å². The number of rotatable bonds is 8. The van der Waals surface area contributed by atoms with Crippen molar-refractivity contribution in [3.05, 3.63) is 30.3 Å². The fourth-order valence-corrected chi connectivity index (χ4v) is 2.87. The minimum atomic E-state index is -3.26. The molecular weight excluding hydrogens is 290 g/mol. The summed E-state index contributed by atoms with van der Waals surface area (Å²) < 4.78 is 29.1. The second-order valence-electron chi connectivity index (χ2n) is 4.40. The Hall–Kier alpha value is -1.60. The number of hydrogen-bond acceptors (Lipinski definition) is 4. The highest BCUT2D eigenvalue weighted by Gasteiger charge is 2.13. The molecule has 21 heavy (non-hydrogen) atoms. The van der Waals surface area contributed by atoms with E-state index >= 15 is 0 Å². The highest BCUT2D eigenvalue weighted by atomic mass is 32.2. The molecule has 1 rings (SSSR count). The Morgan fingerprint density at radius 1 is 1.19 bits per heavy atom. The molecule has 0 saturated heterocycles. The Morgan fingerprint density at radius 3 is 2.48 bits per heavy atom. The summed E-state index contributed by atoms with van der Waals surface area (Å²) in [6, 6.07) is 8.44. The smallest absolute Gasteiger partial charge is 0.191 e. The van der Waals surface area contributed by atoms with E-state index in [1.807, 2.05) is 0 Å². The maximum Gasteiger partial charge on any atom is 0.191 e. The molecule has 0 aromatic heterocycles. The lowest BCUT2D eigenvalue weighted by Gasteiger charge is -2.11. The standard InChI is InChI=1S/C14H23N3O3S/c1-15-14(16-9-6-11-20-2)17-10-12-21(18,19)13-7-4-3-5-8-13/h3-5,7-8H,6,9-12H2,1-2H3,(H2,15,16,17). The first-order valence-corrected chi connectivity index (χ1v) is 8.46. The summed E-state index contributed by atoms with van der Waals surface area (Å²) in [4.78, 5) is 4.38. The van der Waals surface area contributed by atoms with Gasteiger partial charge in [-0.25, -0.2) is 8.42 Å². The van der Waals surface area contributed by atoms with Crippen molar-refractivity contribution < 1.29 is 13.2 Å². The zero-order chi connectivity index (χ0) is 15.6. The minimum Gasteiger partial charge on any atom is -0.385 e. The van der Waals surface area contributed by atoms with Crippen molar-refractivity contribution in [2.24, 2.45) is 4.99 Å². The van der Waals surface area contributed by atoms with Gasteiger partial charge in [0.1, 0.15) is 0 Å². The van der Waals surface area contributed by atoms with Crippen LogP contribution in [-0.2, 0) is 14.6 Å². The average molecular weight is 313 g/mol. The van der Waals surface area contributed by atoms with Gasteiger partial charge < -0.3 is 15.4 Å². The third-order valence-electron chi connectivity index (χ3n) is 2.81. The normalized spacial score (nSPS) is 12.2. The van der Waals surface area contributed by atoms with Crippen molar-refractivity contribution in [2.75, 3.05) is 39.6 Å². The largest absolute Gasteiger partial charge is 0.385 e. The Balaban J connectivity index is 2.38. The van der Waals surface area contributed by atoms with Crippen LogP contribution in [0.3, 0.4) is 0 Å². The molecule has 7 heteroatoms. The first-order chi connectivity index (χ1) is 10.1. The maximum atomic E-state index is 12.1. The molecule has 0 atom stereocenters. The van der Waals surface area contributed by atoms with E-state index in [4.69, 9.17) is 4.74 Å². The third kappa shape index (κ3) is 6.59. The molecule has 0 amide bonds. The molecule has 118 valence electrons. The molecule has 1 aromatic carbocycles. The van der Waals surface area contributed by atoms with E-state index in [0.717, 1.165) is 13.0 Å². The Kier molecular flexibility index (Phi) is 7.78. The van der Waals surface area contributed by atoms with Gasteiger partial charge in [-0.1, -0.05) is 18.2 Å². The zero-order valence-corrected chi connectivity index (χ0v) is 13.3. The van der Waals surface area contributed by atoms with Crippen molar-refractivity contribution in [3.8, 4) is 0 Å². The van der Waals surface area contributed by atoms with Crippen LogP contribution in [0.4, 0.5) is 0 Å². The number of nitrogens with one attached hydrogen (secondary N) is 2. The van der Waals surface area contributed by atoms with Crippen LogP contribution in [0.15, 0.2) is 40.2 Å². The van der Waals surface area contributed by atoms with Crippen LogP contribution in [0.5, 0.6) is 0 Å². The van der Waals surface area contributed by atoms with E-state index in [9.17, 15) is 8.42 Å². The topological polar surface area (TPSA) is 79.8 Å². The summed E-state index contributed by atoms with van der Waals surface area (Å²) in [7, 11) is 0.0459. The molecule has 0 saturated carbocycles. The monoisotopic (exact) mass is 313 g/mol. The lowest BCUT2D eigenvalue weighted by molar-refractivity contribution is 0.195. The summed E-state index contributed by atoms with van der Waals surface area (Å²) in [5, 5.41) is 6.09. The number of nitrogens with zero attached hydrogens (tertiary/aromatic N) is 1. The molecule has 2 N–H and O–H groups in total. The van der Waals surface area contributed by atoms with Gasteiger partial charge in [0.05, 0.1) is 10.6 Å². The van der Waals surface area contributed by atoms with E-state index in [1.165, 1.54) is 0 Å². The summed E-state index contributed by atoms with van der Waals surface area (Å²) in [6.07, 6.45) is 0.861. The summed E-state index contributed by atoms with van der Waals surface area (Å²) in [5.74, 6) is 0.616. The molecule has 0 aliphatic heterocycles. The van der Waals surface area contributed by atoms with Crippen molar-refractivity contribution in [1.82, 2.24) is 10.6 Å². The van der Waals surface area contributed by atoms with E-state index < -0.39 is 9.84 Å². The number of guanidine groups is 1. The first kappa shape index (κ1) is 17.5. The van der Waals surface area contributed by atoms with Crippen LogP contribution in [0.1, 0.15) is 6.42 Å². The SMILES string of the molecule is CN=C(NCCCOC)NCCS(=O)(=O)c1ccccc1. The predicted octanol–water partition coefficient (Wildman–Crippen LogP) is 0.662. The summed E-state index contributed by atoms with van der Waals surface area (Å²) in [6.45, 7) is 1.70. The second-order valence-corrected chi connectivity index (χ2v) is 6.51. The highest BCUT2D eigenvalue weighted by Crippen LogP contribution is 2.09. The number of ether oxygens (including phenoxy) is 1. The molecule has 1 aromatic rings. The Bertz CT molecular complexity index is 530. The quantitative estimate of drug-likeness (QED) is 0.419. The Labute approximate surface area is 126 Å². The van der Waals surface area contributed by atoms with Crippen LogP contribution < -0.4 is 10.6 Å². The molecule has 0 aliphatic rings. The molecule has 0 radical (unpaired) electrons.